The number of rotatable bonds is 7. The summed E-state index contributed by atoms with van der Waals surface area (Å²) in [5.41, 5.74) is 11.6. The third-order valence-corrected chi connectivity index (χ3v) is 11.4. The molecule has 0 saturated carbocycles. The maximum atomic E-state index is 5.27. The maximum absolute atomic E-state index is 5.27. The van der Waals surface area contributed by atoms with Crippen molar-refractivity contribution in [3.05, 3.63) is 192 Å². The van der Waals surface area contributed by atoms with Crippen LogP contribution in [0.15, 0.2) is 175 Å². The second kappa shape index (κ2) is 14.4. The van der Waals surface area contributed by atoms with Crippen LogP contribution < -0.4 is 0 Å². The number of benzene rings is 6. The summed E-state index contributed by atoms with van der Waals surface area (Å²) < 4.78 is 4.69. The third kappa shape index (κ3) is 6.10. The average Bonchev–Trinajstić information content (AvgIpc) is 3.75. The van der Waals surface area contributed by atoms with E-state index in [4.69, 9.17) is 15.0 Å². The van der Waals surface area contributed by atoms with Crippen LogP contribution in [0.5, 0.6) is 0 Å². The Bertz CT molecular complexity index is 3000. The lowest BCUT2D eigenvalue weighted by molar-refractivity contribution is 0.635. The van der Waals surface area contributed by atoms with Crippen molar-refractivity contribution in [3.8, 4) is 45.5 Å². The molecular formula is C51H39N5S. The van der Waals surface area contributed by atoms with Crippen LogP contribution in [-0.4, -0.2) is 24.1 Å². The van der Waals surface area contributed by atoms with Crippen molar-refractivity contribution in [2.75, 3.05) is 0 Å². The van der Waals surface area contributed by atoms with E-state index in [0.29, 0.717) is 29.3 Å². The summed E-state index contributed by atoms with van der Waals surface area (Å²) in [5.74, 6) is 2.60. The molecule has 57 heavy (non-hydrogen) atoms. The molecule has 6 heteroatoms. The topological polar surface area (TPSA) is 48.5 Å². The molecule has 0 aliphatic heterocycles. The molecule has 0 saturated heterocycles. The molecule has 2 unspecified atom stereocenters. The molecule has 0 radical (unpaired) electrons. The van der Waals surface area contributed by atoms with Gasteiger partial charge in [0.2, 0.25) is 0 Å². The molecule has 0 N–H and O–H groups in total. The van der Waals surface area contributed by atoms with E-state index in [-0.39, 0.29) is 0 Å². The van der Waals surface area contributed by atoms with Gasteiger partial charge in [-0.05, 0) is 71.9 Å². The van der Waals surface area contributed by atoms with E-state index in [1.54, 1.807) is 0 Å². The monoisotopic (exact) mass is 753 g/mol. The zero-order chi connectivity index (χ0) is 38.5. The molecule has 1 aliphatic rings. The quantitative estimate of drug-likeness (QED) is 0.165. The molecule has 0 fully saturated rings. The summed E-state index contributed by atoms with van der Waals surface area (Å²) in [6.45, 7) is 4.44. The standard InChI is InChI=1S/C51H39N5S/c1-33-14-6-7-17-41(33)35-24-26-37(27-25-35)50-52-49(36-15-4-3-5-16-36)53-51(54-50)38-30-39(55-45(28-29-57)34(2)42-18-8-11-21-46(42)55)32-40(31-38)56-47-22-12-9-19-43(47)44-20-10-13-23-48(44)56/h3-33,41,57H,1-2H3/b29-28-. The van der Waals surface area contributed by atoms with Crippen LogP contribution in [0.4, 0.5) is 0 Å². The van der Waals surface area contributed by atoms with Gasteiger partial charge in [0, 0.05) is 50.1 Å². The van der Waals surface area contributed by atoms with Crippen molar-refractivity contribution in [1.29, 1.82) is 0 Å². The number of nitrogens with zero attached hydrogens (tertiary/aromatic N) is 5. The first-order valence-electron chi connectivity index (χ1n) is 19.4. The van der Waals surface area contributed by atoms with E-state index in [2.05, 4.69) is 193 Å². The van der Waals surface area contributed by atoms with Gasteiger partial charge in [0.15, 0.2) is 17.5 Å². The summed E-state index contributed by atoms with van der Waals surface area (Å²) in [4.78, 5) is 15.6. The summed E-state index contributed by atoms with van der Waals surface area (Å²) in [6.07, 6.45) is 10.9. The van der Waals surface area contributed by atoms with E-state index in [1.807, 2.05) is 23.6 Å². The fraction of sp³-hybridized carbons (Fsp3) is 0.0784. The van der Waals surface area contributed by atoms with Crippen LogP contribution >= 0.6 is 12.6 Å². The van der Waals surface area contributed by atoms with Gasteiger partial charge in [0.1, 0.15) is 0 Å². The molecule has 10 rings (SSSR count). The Morgan fingerprint density at radius 1 is 0.526 bits per heavy atom. The lowest BCUT2D eigenvalue weighted by Gasteiger charge is -2.21. The van der Waals surface area contributed by atoms with Crippen LogP contribution in [0.25, 0.3) is 84.3 Å². The van der Waals surface area contributed by atoms with Crippen LogP contribution in [0.1, 0.15) is 29.7 Å². The van der Waals surface area contributed by atoms with Crippen LogP contribution in [0.3, 0.4) is 0 Å². The number of para-hydroxylation sites is 3. The minimum atomic E-state index is 0.329. The lowest BCUT2D eigenvalue weighted by Crippen LogP contribution is -2.07. The van der Waals surface area contributed by atoms with E-state index < -0.39 is 0 Å². The first kappa shape index (κ1) is 34.7. The van der Waals surface area contributed by atoms with Gasteiger partial charge in [0.05, 0.1) is 22.2 Å². The van der Waals surface area contributed by atoms with E-state index in [9.17, 15) is 0 Å². The number of hydrogen-bond donors (Lipinski definition) is 1. The van der Waals surface area contributed by atoms with Gasteiger partial charge >= 0.3 is 0 Å². The number of fused-ring (bicyclic) bond motifs is 4. The molecular weight excluding hydrogens is 715 g/mol. The smallest absolute Gasteiger partial charge is 0.164 e. The highest BCUT2D eigenvalue weighted by Gasteiger charge is 2.21. The second-order valence-corrected chi connectivity index (χ2v) is 15.0. The molecule has 5 nitrogen and oxygen atoms in total. The fourth-order valence-electron chi connectivity index (χ4n) is 8.49. The highest BCUT2D eigenvalue weighted by atomic mass is 32.1. The average molecular weight is 754 g/mol. The van der Waals surface area contributed by atoms with E-state index >= 15 is 0 Å². The Kier molecular flexibility index (Phi) is 8.76. The maximum Gasteiger partial charge on any atom is 0.164 e. The van der Waals surface area contributed by atoms with Crippen molar-refractivity contribution < 1.29 is 0 Å². The van der Waals surface area contributed by atoms with E-state index in [1.165, 1.54) is 27.3 Å². The van der Waals surface area contributed by atoms with Crippen LogP contribution in [-0.2, 0) is 0 Å². The van der Waals surface area contributed by atoms with Gasteiger partial charge in [0.25, 0.3) is 0 Å². The van der Waals surface area contributed by atoms with Crippen molar-refractivity contribution in [2.24, 2.45) is 5.92 Å². The number of aryl methyl sites for hydroxylation is 1. The van der Waals surface area contributed by atoms with Crippen LogP contribution in [0, 0.1) is 12.8 Å². The zero-order valence-corrected chi connectivity index (χ0v) is 32.6. The first-order valence-corrected chi connectivity index (χ1v) is 19.9. The Labute approximate surface area is 337 Å². The predicted molar refractivity (Wildman–Crippen MR) is 240 cm³/mol. The van der Waals surface area contributed by atoms with Crippen molar-refractivity contribution in [2.45, 2.75) is 19.8 Å². The fourth-order valence-corrected chi connectivity index (χ4v) is 8.63. The molecule has 3 heterocycles. The number of hydrogen-bond acceptors (Lipinski definition) is 4. The van der Waals surface area contributed by atoms with Crippen molar-refractivity contribution in [1.82, 2.24) is 24.1 Å². The number of allylic oxidation sites excluding steroid dienone is 4. The zero-order valence-electron chi connectivity index (χ0n) is 31.7. The molecule has 1 aliphatic carbocycles. The molecule has 9 aromatic rings. The van der Waals surface area contributed by atoms with Gasteiger partial charge in [-0.1, -0.05) is 140 Å². The Morgan fingerprint density at radius 2 is 1.04 bits per heavy atom. The largest absolute Gasteiger partial charge is 0.309 e. The SMILES string of the molecule is Cc1c(/C=C\S)n(-c2cc(-c3nc(-c4ccccc4)nc(-c4ccc(C5C=CC=CC5C)cc4)n3)cc(-n3c4ccccc4c4ccccc43)c2)c2ccccc12. The molecule has 274 valence electrons. The predicted octanol–water partition coefficient (Wildman–Crippen LogP) is 13.0. The highest BCUT2D eigenvalue weighted by molar-refractivity contribution is 7.83. The lowest BCUT2D eigenvalue weighted by atomic mass is 9.84. The molecule has 3 aromatic heterocycles. The summed E-state index contributed by atoms with van der Waals surface area (Å²) in [5, 5.41) is 5.40. The third-order valence-electron chi connectivity index (χ3n) is 11.3. The highest BCUT2D eigenvalue weighted by Crippen LogP contribution is 2.38. The molecule has 0 bridgehead atoms. The van der Waals surface area contributed by atoms with Crippen LogP contribution in [0.2, 0.25) is 0 Å². The second-order valence-electron chi connectivity index (χ2n) is 14.7. The van der Waals surface area contributed by atoms with E-state index in [0.717, 1.165) is 50.3 Å². The molecule has 6 aromatic carbocycles. The van der Waals surface area contributed by atoms with Gasteiger partial charge in [-0.2, -0.15) is 12.6 Å². The Morgan fingerprint density at radius 3 is 1.65 bits per heavy atom. The Hall–Kier alpha value is -6.76. The summed E-state index contributed by atoms with van der Waals surface area (Å²) in [7, 11) is 0. The first-order chi connectivity index (χ1) is 28.1. The Balaban J connectivity index is 1.23. The molecule has 0 spiro atoms. The minimum Gasteiger partial charge on any atom is -0.309 e. The normalized spacial score (nSPS) is 15.4. The molecule has 0 amide bonds. The van der Waals surface area contributed by atoms with Gasteiger partial charge < -0.3 is 9.13 Å². The molecule has 2 atom stereocenters. The van der Waals surface area contributed by atoms with Gasteiger partial charge in [-0.15, -0.1) is 0 Å². The summed E-state index contributed by atoms with van der Waals surface area (Å²) in [6, 6.07) is 51.4. The number of thiol groups is 1. The van der Waals surface area contributed by atoms with Crippen molar-refractivity contribution in [3.63, 3.8) is 0 Å². The van der Waals surface area contributed by atoms with Gasteiger partial charge in [-0.25, -0.2) is 15.0 Å². The van der Waals surface area contributed by atoms with Gasteiger partial charge in [-0.3, -0.25) is 0 Å². The number of aromatic nitrogens is 5. The van der Waals surface area contributed by atoms with Crippen molar-refractivity contribution >= 4 is 51.4 Å². The summed E-state index contributed by atoms with van der Waals surface area (Å²) >= 11 is 4.55. The minimum absolute atomic E-state index is 0.329.